The van der Waals surface area contributed by atoms with E-state index in [1.165, 1.54) is 0 Å². The molecular weight excluding hydrogens is 298 g/mol. The Labute approximate surface area is 132 Å². The van der Waals surface area contributed by atoms with Gasteiger partial charge in [-0.25, -0.2) is 4.68 Å². The van der Waals surface area contributed by atoms with E-state index in [1.54, 1.807) is 29.2 Å². The highest BCUT2D eigenvalue weighted by atomic mass is 16.5. The summed E-state index contributed by atoms with van der Waals surface area (Å²) in [6, 6.07) is 6.58. The molecule has 0 bridgehead atoms. The fourth-order valence-corrected chi connectivity index (χ4v) is 2.79. The molecule has 7 nitrogen and oxygen atoms in total. The second-order valence-corrected chi connectivity index (χ2v) is 5.62. The van der Waals surface area contributed by atoms with Crippen LogP contribution in [0.5, 0.6) is 0 Å². The van der Waals surface area contributed by atoms with Crippen molar-refractivity contribution in [2.75, 3.05) is 19.7 Å². The number of H-pyrrole nitrogens is 1. The first-order chi connectivity index (χ1) is 11.1. The lowest BCUT2D eigenvalue weighted by atomic mass is 10.2. The summed E-state index contributed by atoms with van der Waals surface area (Å²) in [5, 5.41) is 3.13. The van der Waals surface area contributed by atoms with Gasteiger partial charge in [0.2, 0.25) is 5.91 Å². The van der Waals surface area contributed by atoms with Crippen molar-refractivity contribution in [3.63, 3.8) is 0 Å². The van der Waals surface area contributed by atoms with Gasteiger partial charge in [-0.2, -0.15) is 0 Å². The molecule has 122 valence electrons. The number of rotatable bonds is 3. The lowest BCUT2D eigenvalue weighted by molar-refractivity contribution is -0.139. The molecule has 0 radical (unpaired) electrons. The molecule has 1 amide bonds. The lowest BCUT2D eigenvalue weighted by Crippen LogP contribution is -2.47. The summed E-state index contributed by atoms with van der Waals surface area (Å²) in [7, 11) is 0. The molecule has 0 aliphatic carbocycles. The third-order valence-electron chi connectivity index (χ3n) is 4.12. The van der Waals surface area contributed by atoms with E-state index in [-0.39, 0.29) is 29.7 Å². The van der Waals surface area contributed by atoms with Crippen LogP contribution in [-0.2, 0) is 16.1 Å². The number of hydrogen-bond donors (Lipinski definition) is 1. The normalized spacial score (nSPS) is 18.3. The van der Waals surface area contributed by atoms with Crippen molar-refractivity contribution in [1.29, 1.82) is 0 Å². The Kier molecular flexibility index (Phi) is 4.29. The number of nitrogens with zero attached hydrogens (tertiary/aromatic N) is 2. The van der Waals surface area contributed by atoms with Gasteiger partial charge in [0.15, 0.2) is 0 Å². The molecule has 1 saturated heterocycles. The zero-order valence-electron chi connectivity index (χ0n) is 12.9. The van der Waals surface area contributed by atoms with Gasteiger partial charge < -0.3 is 9.64 Å². The topological polar surface area (TPSA) is 84.4 Å². The third kappa shape index (κ3) is 3.05. The molecule has 7 heteroatoms. The highest BCUT2D eigenvalue weighted by molar-refractivity contribution is 5.81. The maximum absolute atomic E-state index is 12.4. The third-order valence-corrected chi connectivity index (χ3v) is 4.12. The highest BCUT2D eigenvalue weighted by Gasteiger charge is 2.23. The van der Waals surface area contributed by atoms with Crippen LogP contribution in [0.3, 0.4) is 0 Å². The van der Waals surface area contributed by atoms with E-state index < -0.39 is 0 Å². The molecule has 23 heavy (non-hydrogen) atoms. The van der Waals surface area contributed by atoms with Crippen molar-refractivity contribution in [2.45, 2.75) is 26.0 Å². The predicted octanol–water partition coefficient (Wildman–Crippen LogP) is 0.327. The summed E-state index contributed by atoms with van der Waals surface area (Å²) < 4.78 is 6.62. The number of ether oxygens (including phenoxy) is 1. The molecule has 1 fully saturated rings. The van der Waals surface area contributed by atoms with Crippen LogP contribution >= 0.6 is 0 Å². The van der Waals surface area contributed by atoms with Gasteiger partial charge in [-0.15, -0.1) is 0 Å². The van der Waals surface area contributed by atoms with Gasteiger partial charge in [0.05, 0.1) is 23.5 Å². The standard InChI is InChI=1S/C16H19N3O4/c1-2-11-9-18(7-8-23-11)14(20)10-19-16(22)13-6-4-3-5-12(13)15(21)17-19/h3-6,11H,2,7-10H2,1H3,(H,17,21)/t11-/m1/s1. The summed E-state index contributed by atoms with van der Waals surface area (Å²) in [6.07, 6.45) is 0.858. The lowest BCUT2D eigenvalue weighted by Gasteiger charge is -2.32. The van der Waals surface area contributed by atoms with E-state index in [9.17, 15) is 14.4 Å². The summed E-state index contributed by atoms with van der Waals surface area (Å²) in [5.74, 6) is -0.195. The Hall–Kier alpha value is -2.41. The number of morpholine rings is 1. The number of hydrogen-bond acceptors (Lipinski definition) is 4. The summed E-state index contributed by atoms with van der Waals surface area (Å²) in [4.78, 5) is 38.6. The molecule has 3 rings (SSSR count). The number of carbonyl (C=O) groups is 1. The smallest absolute Gasteiger partial charge is 0.273 e. The first-order valence-electron chi connectivity index (χ1n) is 7.71. The number of nitrogens with one attached hydrogen (secondary N) is 1. The molecule has 0 unspecified atom stereocenters. The van der Waals surface area contributed by atoms with Gasteiger partial charge in [-0.1, -0.05) is 19.1 Å². The number of aromatic nitrogens is 2. The number of carbonyl (C=O) groups excluding carboxylic acids is 1. The maximum atomic E-state index is 12.4. The van der Waals surface area contributed by atoms with Crippen LogP contribution in [0.25, 0.3) is 10.8 Å². The maximum Gasteiger partial charge on any atom is 0.273 e. The second-order valence-electron chi connectivity index (χ2n) is 5.62. The van der Waals surface area contributed by atoms with Crippen LogP contribution < -0.4 is 11.1 Å². The van der Waals surface area contributed by atoms with Gasteiger partial charge in [-0.05, 0) is 18.6 Å². The Morgan fingerprint density at radius 3 is 2.78 bits per heavy atom. The van der Waals surface area contributed by atoms with Crippen LogP contribution in [0, 0.1) is 0 Å². The number of benzene rings is 1. The SMILES string of the molecule is CC[C@@H]1CN(C(=O)Cn2[nH]c(=O)c3ccccc3c2=O)CCO1. The Bertz CT molecular complexity index is 839. The minimum Gasteiger partial charge on any atom is -0.375 e. The molecule has 2 aromatic rings. The van der Waals surface area contributed by atoms with E-state index in [2.05, 4.69) is 5.10 Å². The largest absolute Gasteiger partial charge is 0.375 e. The predicted molar refractivity (Wildman–Crippen MR) is 85.4 cm³/mol. The quantitative estimate of drug-likeness (QED) is 0.884. The summed E-state index contributed by atoms with van der Waals surface area (Å²) in [5.41, 5.74) is -0.740. The first kappa shape index (κ1) is 15.5. The van der Waals surface area contributed by atoms with E-state index in [0.29, 0.717) is 30.5 Å². The van der Waals surface area contributed by atoms with Crippen molar-refractivity contribution in [3.05, 3.63) is 45.0 Å². The van der Waals surface area contributed by atoms with Crippen LogP contribution in [0.2, 0.25) is 0 Å². The summed E-state index contributed by atoms with van der Waals surface area (Å²) in [6.45, 7) is 3.34. The van der Waals surface area contributed by atoms with Gasteiger partial charge in [-0.3, -0.25) is 19.5 Å². The number of fused-ring (bicyclic) bond motifs is 1. The van der Waals surface area contributed by atoms with E-state index in [4.69, 9.17) is 4.74 Å². The fraction of sp³-hybridized carbons (Fsp3) is 0.438. The Balaban J connectivity index is 1.87. The average Bonchev–Trinajstić information content (AvgIpc) is 2.59. The van der Waals surface area contributed by atoms with Crippen LogP contribution in [-0.4, -0.2) is 46.4 Å². The monoisotopic (exact) mass is 317 g/mol. The van der Waals surface area contributed by atoms with Gasteiger partial charge >= 0.3 is 0 Å². The molecule has 1 aromatic heterocycles. The van der Waals surface area contributed by atoms with Crippen molar-refractivity contribution < 1.29 is 9.53 Å². The molecule has 1 aliphatic heterocycles. The van der Waals surface area contributed by atoms with Crippen molar-refractivity contribution in [1.82, 2.24) is 14.7 Å². The van der Waals surface area contributed by atoms with Crippen LogP contribution in [0.4, 0.5) is 0 Å². The van der Waals surface area contributed by atoms with E-state index in [0.717, 1.165) is 11.1 Å². The van der Waals surface area contributed by atoms with Crippen molar-refractivity contribution >= 4 is 16.7 Å². The van der Waals surface area contributed by atoms with Crippen molar-refractivity contribution in [2.24, 2.45) is 0 Å². The molecular formula is C16H19N3O4. The van der Waals surface area contributed by atoms with Gasteiger partial charge in [0, 0.05) is 13.1 Å². The van der Waals surface area contributed by atoms with Crippen molar-refractivity contribution in [3.8, 4) is 0 Å². The average molecular weight is 317 g/mol. The van der Waals surface area contributed by atoms with Gasteiger partial charge in [0.25, 0.3) is 11.1 Å². The Morgan fingerprint density at radius 2 is 2.04 bits per heavy atom. The van der Waals surface area contributed by atoms with Gasteiger partial charge in [0.1, 0.15) is 6.54 Å². The first-order valence-corrected chi connectivity index (χ1v) is 7.71. The van der Waals surface area contributed by atoms with Crippen LogP contribution in [0.1, 0.15) is 13.3 Å². The fourth-order valence-electron chi connectivity index (χ4n) is 2.79. The minimum absolute atomic E-state index is 0.0278. The molecule has 1 N–H and O–H groups in total. The molecule has 2 heterocycles. The van der Waals surface area contributed by atoms with Crippen LogP contribution in [0.15, 0.2) is 33.9 Å². The zero-order chi connectivity index (χ0) is 16.4. The Morgan fingerprint density at radius 1 is 1.30 bits per heavy atom. The molecule has 0 spiro atoms. The summed E-state index contributed by atoms with van der Waals surface area (Å²) >= 11 is 0. The zero-order valence-corrected chi connectivity index (χ0v) is 12.9. The highest BCUT2D eigenvalue weighted by Crippen LogP contribution is 2.09. The minimum atomic E-state index is -0.374. The number of amides is 1. The second kappa shape index (κ2) is 6.37. The molecule has 1 atom stereocenters. The van der Waals surface area contributed by atoms with E-state index in [1.807, 2.05) is 6.92 Å². The van der Waals surface area contributed by atoms with E-state index >= 15 is 0 Å². The molecule has 0 saturated carbocycles. The molecule has 1 aromatic carbocycles. The number of aromatic amines is 1. The molecule has 1 aliphatic rings.